The monoisotopic (exact) mass is 236 g/mol. The van der Waals surface area contributed by atoms with Crippen LogP contribution in [0, 0.1) is 0 Å². The molecule has 6 heteroatoms. The molecular weight excluding hydrogens is 231 g/mol. The maximum Gasteiger partial charge on any atom is 0.425 e. The van der Waals surface area contributed by atoms with Gasteiger partial charge in [-0.2, -0.15) is 13.2 Å². The number of nitrogens with zero attached hydrogens (tertiary/aromatic N) is 1. The zero-order valence-electron chi connectivity index (χ0n) is 7.38. The minimum absolute atomic E-state index is 0.449. The highest BCUT2D eigenvalue weighted by atomic mass is 35.5. The van der Waals surface area contributed by atoms with Crippen molar-refractivity contribution in [3.05, 3.63) is 34.9 Å². The van der Waals surface area contributed by atoms with Gasteiger partial charge in [0.05, 0.1) is 0 Å². The Kier molecular flexibility index (Phi) is 3.96. The molecule has 0 N–H and O–H groups in total. The molecular formula is C9H6ClF3NO. The van der Waals surface area contributed by atoms with Gasteiger partial charge >= 0.3 is 6.18 Å². The second kappa shape index (κ2) is 5.02. The molecule has 15 heavy (non-hydrogen) atoms. The number of hydrogen-bond acceptors (Lipinski definition) is 2. The third-order valence-corrected chi connectivity index (χ3v) is 1.53. The molecule has 0 atom stereocenters. The van der Waals surface area contributed by atoms with Gasteiger partial charge in [-0.1, -0.05) is 28.9 Å². The second-order valence-corrected chi connectivity index (χ2v) is 3.04. The smallest absolute Gasteiger partial charge is 0.386 e. The van der Waals surface area contributed by atoms with Crippen LogP contribution < -0.4 is 0 Å². The van der Waals surface area contributed by atoms with Crippen LogP contribution in [0.5, 0.6) is 0 Å². The Bertz CT molecular complexity index is 351. The zero-order valence-corrected chi connectivity index (χ0v) is 8.14. The molecule has 0 bridgehead atoms. The van der Waals surface area contributed by atoms with Crippen molar-refractivity contribution >= 4 is 17.8 Å². The quantitative estimate of drug-likeness (QED) is 0.584. The predicted octanol–water partition coefficient (Wildman–Crippen LogP) is 3.13. The van der Waals surface area contributed by atoms with Crippen molar-refractivity contribution in [1.29, 1.82) is 0 Å². The van der Waals surface area contributed by atoms with Crippen molar-refractivity contribution in [2.45, 2.75) is 6.18 Å². The molecule has 0 saturated heterocycles. The second-order valence-electron chi connectivity index (χ2n) is 2.60. The first-order chi connectivity index (χ1) is 6.97. The van der Waals surface area contributed by atoms with E-state index >= 15 is 0 Å². The Morgan fingerprint density at radius 1 is 1.40 bits per heavy atom. The average Bonchev–Trinajstić information content (AvgIpc) is 2.11. The Morgan fingerprint density at radius 3 is 2.73 bits per heavy atom. The van der Waals surface area contributed by atoms with Crippen LogP contribution in [-0.4, -0.2) is 19.0 Å². The Balaban J connectivity index is 2.45. The van der Waals surface area contributed by atoms with Crippen molar-refractivity contribution in [2.24, 2.45) is 5.16 Å². The van der Waals surface area contributed by atoms with Gasteiger partial charge in [-0.15, -0.1) is 0 Å². The number of alkyl halides is 3. The maximum absolute atomic E-state index is 11.6. The van der Waals surface area contributed by atoms with Crippen molar-refractivity contribution in [3.8, 4) is 0 Å². The molecule has 1 aromatic rings. The first-order valence-electron chi connectivity index (χ1n) is 3.88. The van der Waals surface area contributed by atoms with Gasteiger partial charge in [0.1, 0.15) is 6.21 Å². The van der Waals surface area contributed by atoms with E-state index < -0.39 is 12.8 Å². The summed E-state index contributed by atoms with van der Waals surface area (Å²) < 4.78 is 34.8. The molecule has 81 valence electrons. The lowest BCUT2D eigenvalue weighted by atomic mass is 10.2. The molecule has 0 heterocycles. The summed E-state index contributed by atoms with van der Waals surface area (Å²) in [6.45, 7) is -1.43. The number of benzene rings is 1. The minimum Gasteiger partial charge on any atom is -0.386 e. The zero-order chi connectivity index (χ0) is 11.3. The summed E-state index contributed by atoms with van der Waals surface area (Å²) >= 11 is 5.63. The van der Waals surface area contributed by atoms with E-state index in [1.54, 1.807) is 18.2 Å². The first-order valence-corrected chi connectivity index (χ1v) is 4.25. The van der Waals surface area contributed by atoms with E-state index in [4.69, 9.17) is 11.6 Å². The van der Waals surface area contributed by atoms with E-state index in [1.807, 2.05) is 0 Å². The van der Waals surface area contributed by atoms with Crippen molar-refractivity contribution in [3.63, 3.8) is 0 Å². The highest BCUT2D eigenvalue weighted by Crippen LogP contribution is 2.14. The molecule has 0 aliphatic carbocycles. The topological polar surface area (TPSA) is 21.6 Å². The molecule has 2 nitrogen and oxygen atoms in total. The maximum atomic E-state index is 11.6. The fraction of sp³-hybridized carbons (Fsp3) is 0.222. The lowest BCUT2D eigenvalue weighted by molar-refractivity contribution is -0.173. The van der Waals surface area contributed by atoms with E-state index in [0.717, 1.165) is 0 Å². The van der Waals surface area contributed by atoms with Crippen LogP contribution in [-0.2, 0) is 4.84 Å². The fourth-order valence-electron chi connectivity index (χ4n) is 0.748. The first kappa shape index (κ1) is 11.8. The summed E-state index contributed by atoms with van der Waals surface area (Å²) in [6, 6.07) is 6.35. The third kappa shape index (κ3) is 5.27. The largest absolute Gasteiger partial charge is 0.425 e. The standard InChI is InChI=1S/C9H6ClF3NO/c10-8-3-1-2-7(4-8)5-14-15-6-9(11,12)13/h1-4H,6H2. The molecule has 0 amide bonds. The molecule has 0 aliphatic heterocycles. The summed E-state index contributed by atoms with van der Waals surface area (Å²) in [5.74, 6) is 0. The molecule has 0 aliphatic rings. The lowest BCUT2D eigenvalue weighted by Gasteiger charge is -2.02. The van der Waals surface area contributed by atoms with Gasteiger partial charge in [0.25, 0.3) is 0 Å². The van der Waals surface area contributed by atoms with E-state index in [-0.39, 0.29) is 0 Å². The van der Waals surface area contributed by atoms with Gasteiger partial charge in [0.15, 0.2) is 0 Å². The fourth-order valence-corrected chi connectivity index (χ4v) is 0.939. The van der Waals surface area contributed by atoms with E-state index in [0.29, 0.717) is 10.6 Å². The van der Waals surface area contributed by atoms with Crippen LogP contribution in [0.15, 0.2) is 29.4 Å². The highest BCUT2D eigenvalue weighted by molar-refractivity contribution is 6.30. The normalized spacial score (nSPS) is 12.0. The molecule has 0 saturated carbocycles. The molecule has 0 fully saturated rings. The van der Waals surface area contributed by atoms with Crippen molar-refractivity contribution in [2.75, 3.05) is 6.61 Å². The number of rotatable bonds is 3. The summed E-state index contributed by atoms with van der Waals surface area (Å²) in [5.41, 5.74) is 0.449. The van der Waals surface area contributed by atoms with Gasteiger partial charge in [0.2, 0.25) is 6.61 Å². The Morgan fingerprint density at radius 2 is 2.13 bits per heavy atom. The van der Waals surface area contributed by atoms with Gasteiger partial charge < -0.3 is 4.84 Å². The van der Waals surface area contributed by atoms with Gasteiger partial charge in [0, 0.05) is 10.6 Å². The molecule has 1 rings (SSSR count). The van der Waals surface area contributed by atoms with Crippen LogP contribution in [0.4, 0.5) is 13.2 Å². The van der Waals surface area contributed by atoms with Crippen LogP contribution >= 0.6 is 11.6 Å². The summed E-state index contributed by atoms with van der Waals surface area (Å²) in [4.78, 5) is 3.99. The number of hydrogen-bond donors (Lipinski definition) is 0. The summed E-state index contributed by atoms with van der Waals surface area (Å²) in [6.07, 6.45) is -2.11. The highest BCUT2D eigenvalue weighted by Gasteiger charge is 2.28. The van der Waals surface area contributed by atoms with Crippen LogP contribution in [0.2, 0.25) is 5.02 Å². The Hall–Kier alpha value is -1.23. The molecule has 0 spiro atoms. The van der Waals surface area contributed by atoms with E-state index in [9.17, 15) is 13.2 Å². The number of halogens is 4. The molecule has 0 unspecified atom stereocenters. The van der Waals surface area contributed by atoms with Gasteiger partial charge in [-0.05, 0) is 12.1 Å². The van der Waals surface area contributed by atoms with E-state index in [2.05, 4.69) is 16.2 Å². The van der Waals surface area contributed by atoms with Crippen molar-refractivity contribution in [1.82, 2.24) is 0 Å². The lowest BCUT2D eigenvalue weighted by Crippen LogP contribution is -2.14. The predicted molar refractivity (Wildman–Crippen MR) is 50.0 cm³/mol. The molecule has 1 radical (unpaired) electrons. The average molecular weight is 237 g/mol. The summed E-state index contributed by atoms with van der Waals surface area (Å²) in [5, 5.41) is 3.49. The van der Waals surface area contributed by atoms with E-state index in [1.165, 1.54) is 6.07 Å². The molecule has 1 aromatic carbocycles. The molecule has 0 aromatic heterocycles. The SMILES string of the molecule is FC(F)(F)CO/N=[C]\c1cccc(Cl)c1. The van der Waals surface area contributed by atoms with Crippen LogP contribution in [0.25, 0.3) is 0 Å². The third-order valence-electron chi connectivity index (χ3n) is 1.29. The van der Waals surface area contributed by atoms with Crippen molar-refractivity contribution < 1.29 is 18.0 Å². The van der Waals surface area contributed by atoms with Crippen LogP contribution in [0.3, 0.4) is 0 Å². The van der Waals surface area contributed by atoms with Crippen LogP contribution in [0.1, 0.15) is 5.56 Å². The summed E-state index contributed by atoms with van der Waals surface area (Å²) in [7, 11) is 0. The van der Waals surface area contributed by atoms with Gasteiger partial charge in [-0.3, -0.25) is 0 Å². The minimum atomic E-state index is -4.39. The Labute approximate surface area is 89.3 Å². The van der Waals surface area contributed by atoms with Gasteiger partial charge in [-0.25, -0.2) is 0 Å².